The molecule has 6 rings (SSSR count). The second kappa shape index (κ2) is 8.84. The summed E-state index contributed by atoms with van der Waals surface area (Å²) in [4.78, 5) is 31.0. The van der Waals surface area contributed by atoms with Crippen molar-refractivity contribution >= 4 is 38.6 Å². The van der Waals surface area contributed by atoms with Crippen LogP contribution < -0.4 is 5.63 Å². The zero-order valence-corrected chi connectivity index (χ0v) is 21.3. The molecule has 0 saturated heterocycles. The minimum absolute atomic E-state index is 0.0247. The van der Waals surface area contributed by atoms with Gasteiger partial charge in [-0.2, -0.15) is 0 Å². The highest BCUT2D eigenvalue weighted by atomic mass is 16.5. The number of rotatable bonds is 3. The Labute approximate surface area is 215 Å². The van der Waals surface area contributed by atoms with Gasteiger partial charge in [0.05, 0.1) is 11.1 Å². The molecule has 5 nitrogen and oxygen atoms in total. The summed E-state index contributed by atoms with van der Waals surface area (Å²) in [6, 6.07) is 20.8. The van der Waals surface area contributed by atoms with Crippen molar-refractivity contribution in [1.82, 2.24) is 4.98 Å². The molecule has 0 radical (unpaired) electrons. The predicted molar refractivity (Wildman–Crippen MR) is 146 cm³/mol. The van der Waals surface area contributed by atoms with E-state index < -0.39 is 5.63 Å². The average molecular weight is 492 g/mol. The van der Waals surface area contributed by atoms with Gasteiger partial charge < -0.3 is 9.15 Å². The van der Waals surface area contributed by atoms with E-state index in [2.05, 4.69) is 20.8 Å². The maximum absolute atomic E-state index is 13.8. The highest BCUT2D eigenvalue weighted by Gasteiger charge is 2.33. The fourth-order valence-electron chi connectivity index (χ4n) is 5.71. The van der Waals surface area contributed by atoms with Crippen molar-refractivity contribution in [3.63, 3.8) is 0 Å². The predicted octanol–water partition coefficient (Wildman–Crippen LogP) is 7.00. The van der Waals surface area contributed by atoms with Crippen LogP contribution in [0.2, 0.25) is 0 Å². The SMILES string of the molecule is CC(C)(C)[C@@H]1CCc2nc3ccccc3c(C(=O)OCc3cc(=O)oc4ccc5ccccc5c34)c2C1. The molecule has 0 unspecified atom stereocenters. The van der Waals surface area contributed by atoms with Crippen molar-refractivity contribution in [2.24, 2.45) is 11.3 Å². The summed E-state index contributed by atoms with van der Waals surface area (Å²) in [7, 11) is 0. The molecule has 2 heterocycles. The lowest BCUT2D eigenvalue weighted by atomic mass is 9.70. The lowest BCUT2D eigenvalue weighted by Gasteiger charge is -2.35. The third-order valence-electron chi connectivity index (χ3n) is 7.76. The molecule has 0 fully saturated rings. The van der Waals surface area contributed by atoms with Gasteiger partial charge in [-0.15, -0.1) is 0 Å². The third kappa shape index (κ3) is 4.18. The van der Waals surface area contributed by atoms with Gasteiger partial charge in [0, 0.05) is 28.1 Å². The Bertz CT molecular complexity index is 1740. The number of carbonyl (C=O) groups is 1. The summed E-state index contributed by atoms with van der Waals surface area (Å²) in [6.07, 6.45) is 2.69. The topological polar surface area (TPSA) is 69.4 Å². The molecule has 0 spiro atoms. The molecular weight excluding hydrogens is 462 g/mol. The summed E-state index contributed by atoms with van der Waals surface area (Å²) < 4.78 is 11.4. The number of carbonyl (C=O) groups excluding carboxylic acids is 1. The van der Waals surface area contributed by atoms with E-state index in [1.165, 1.54) is 6.07 Å². The van der Waals surface area contributed by atoms with E-state index >= 15 is 0 Å². The van der Waals surface area contributed by atoms with E-state index in [-0.39, 0.29) is 18.0 Å². The number of pyridine rings is 1. The van der Waals surface area contributed by atoms with Crippen molar-refractivity contribution in [2.75, 3.05) is 0 Å². The first-order chi connectivity index (χ1) is 17.8. The Morgan fingerprint density at radius 1 is 1.03 bits per heavy atom. The second-order valence-electron chi connectivity index (χ2n) is 11.1. The molecule has 0 amide bonds. The van der Waals surface area contributed by atoms with Gasteiger partial charge in [0.25, 0.3) is 0 Å². The number of nitrogens with zero attached hydrogens (tertiary/aromatic N) is 1. The first-order valence-electron chi connectivity index (χ1n) is 12.8. The van der Waals surface area contributed by atoms with E-state index in [0.717, 1.165) is 57.6 Å². The fourth-order valence-corrected chi connectivity index (χ4v) is 5.71. The molecule has 186 valence electrons. The van der Waals surface area contributed by atoms with Crippen molar-refractivity contribution in [2.45, 2.75) is 46.6 Å². The van der Waals surface area contributed by atoms with Crippen LogP contribution in [-0.4, -0.2) is 11.0 Å². The number of benzene rings is 3. The van der Waals surface area contributed by atoms with Gasteiger partial charge >= 0.3 is 11.6 Å². The Balaban J connectivity index is 1.43. The van der Waals surface area contributed by atoms with Crippen molar-refractivity contribution < 1.29 is 13.9 Å². The Hall–Kier alpha value is -3.99. The number of aryl methyl sites for hydroxylation is 1. The Kier molecular flexibility index (Phi) is 5.59. The van der Waals surface area contributed by atoms with Crippen LogP contribution >= 0.6 is 0 Å². The molecule has 0 aliphatic heterocycles. The first-order valence-corrected chi connectivity index (χ1v) is 12.8. The summed E-state index contributed by atoms with van der Waals surface area (Å²) in [5, 5.41) is 3.58. The zero-order chi connectivity index (χ0) is 25.7. The number of para-hydroxylation sites is 1. The van der Waals surface area contributed by atoms with E-state index in [4.69, 9.17) is 14.1 Å². The normalized spacial score (nSPS) is 15.7. The molecule has 0 saturated carbocycles. The van der Waals surface area contributed by atoms with Crippen LogP contribution in [0.1, 0.15) is 54.4 Å². The zero-order valence-electron chi connectivity index (χ0n) is 21.3. The van der Waals surface area contributed by atoms with Gasteiger partial charge in [0.15, 0.2) is 0 Å². The molecule has 0 N–H and O–H groups in total. The fraction of sp³-hybridized carbons (Fsp3) is 0.281. The van der Waals surface area contributed by atoms with Crippen LogP contribution in [0.4, 0.5) is 0 Å². The average Bonchev–Trinajstić information content (AvgIpc) is 2.89. The van der Waals surface area contributed by atoms with Crippen LogP contribution in [-0.2, 0) is 24.2 Å². The van der Waals surface area contributed by atoms with Gasteiger partial charge in [-0.25, -0.2) is 9.59 Å². The van der Waals surface area contributed by atoms with Gasteiger partial charge in [-0.05, 0) is 59.1 Å². The number of fused-ring (bicyclic) bond motifs is 5. The van der Waals surface area contributed by atoms with Crippen molar-refractivity contribution in [3.8, 4) is 0 Å². The smallest absolute Gasteiger partial charge is 0.339 e. The van der Waals surface area contributed by atoms with E-state index in [0.29, 0.717) is 22.6 Å². The van der Waals surface area contributed by atoms with Crippen LogP contribution in [0.15, 0.2) is 75.9 Å². The van der Waals surface area contributed by atoms with Gasteiger partial charge in [-0.3, -0.25) is 4.98 Å². The molecule has 5 heteroatoms. The van der Waals surface area contributed by atoms with Crippen LogP contribution in [0.5, 0.6) is 0 Å². The number of hydrogen-bond donors (Lipinski definition) is 0. The number of aromatic nitrogens is 1. The quantitative estimate of drug-likeness (QED) is 0.154. The molecule has 1 aliphatic carbocycles. The van der Waals surface area contributed by atoms with Crippen LogP contribution in [0.3, 0.4) is 0 Å². The third-order valence-corrected chi connectivity index (χ3v) is 7.76. The molecule has 1 aliphatic rings. The van der Waals surface area contributed by atoms with E-state index in [1.807, 2.05) is 54.6 Å². The van der Waals surface area contributed by atoms with Gasteiger partial charge in [0.1, 0.15) is 12.2 Å². The van der Waals surface area contributed by atoms with Gasteiger partial charge in [0.2, 0.25) is 0 Å². The summed E-state index contributed by atoms with van der Waals surface area (Å²) in [5.74, 6) is 0.0645. The Morgan fingerprint density at radius 3 is 2.59 bits per heavy atom. The maximum Gasteiger partial charge on any atom is 0.339 e. The molecule has 5 aromatic rings. The van der Waals surface area contributed by atoms with E-state index in [9.17, 15) is 9.59 Å². The second-order valence-corrected chi connectivity index (χ2v) is 11.1. The highest BCUT2D eigenvalue weighted by molar-refractivity contribution is 6.08. The Morgan fingerprint density at radius 2 is 1.78 bits per heavy atom. The first kappa shape index (κ1) is 23.4. The molecular formula is C32H29NO4. The summed E-state index contributed by atoms with van der Waals surface area (Å²) in [6.45, 7) is 6.74. The van der Waals surface area contributed by atoms with Crippen LogP contribution in [0, 0.1) is 11.3 Å². The maximum atomic E-state index is 13.8. The highest BCUT2D eigenvalue weighted by Crippen LogP contribution is 2.39. The van der Waals surface area contributed by atoms with Gasteiger partial charge in [-0.1, -0.05) is 69.3 Å². The number of hydrogen-bond acceptors (Lipinski definition) is 5. The monoisotopic (exact) mass is 491 g/mol. The number of ether oxygens (including phenoxy) is 1. The molecule has 37 heavy (non-hydrogen) atoms. The standard InChI is InChI=1S/C32H29NO4/c1-32(2,3)21-13-14-26-24(17-21)30(23-10-6-7-11-25(23)33-26)31(35)36-18-20-16-28(34)37-27-15-12-19-8-4-5-9-22(19)29(20)27/h4-12,15-16,21H,13-14,17-18H2,1-3H3/t21-/m1/s1. The number of esters is 1. The van der Waals surface area contributed by atoms with Crippen molar-refractivity contribution in [3.05, 3.63) is 99.5 Å². The van der Waals surface area contributed by atoms with Crippen LogP contribution in [0.25, 0.3) is 32.6 Å². The minimum atomic E-state index is -0.464. The molecule has 2 aromatic heterocycles. The van der Waals surface area contributed by atoms with E-state index in [1.54, 1.807) is 6.07 Å². The van der Waals surface area contributed by atoms with Crippen molar-refractivity contribution in [1.29, 1.82) is 0 Å². The summed E-state index contributed by atoms with van der Waals surface area (Å²) in [5.41, 5.74) is 4.18. The molecule has 3 aromatic carbocycles. The summed E-state index contributed by atoms with van der Waals surface area (Å²) >= 11 is 0. The lowest BCUT2D eigenvalue weighted by Crippen LogP contribution is -2.29. The molecule has 1 atom stereocenters. The molecule has 0 bridgehead atoms. The minimum Gasteiger partial charge on any atom is -0.457 e. The largest absolute Gasteiger partial charge is 0.457 e. The lowest BCUT2D eigenvalue weighted by molar-refractivity contribution is 0.0473.